The summed E-state index contributed by atoms with van der Waals surface area (Å²) in [5, 5.41) is 6.05. The van der Waals surface area contributed by atoms with Crippen LogP contribution in [-0.4, -0.2) is 50.8 Å². The molecular formula is C20H29N3O3S. The Labute approximate surface area is 161 Å². The highest BCUT2D eigenvalue weighted by Gasteiger charge is 2.35. The Hall–Kier alpha value is -1.60. The van der Waals surface area contributed by atoms with Crippen LogP contribution in [-0.2, 0) is 9.84 Å². The van der Waals surface area contributed by atoms with E-state index in [4.69, 9.17) is 0 Å². The van der Waals surface area contributed by atoms with Crippen LogP contribution in [0, 0.1) is 18.8 Å². The first kappa shape index (κ1) is 18.7. The number of likely N-dealkylation sites (tertiary alicyclic amines) is 1. The van der Waals surface area contributed by atoms with Crippen molar-refractivity contribution in [3.8, 4) is 0 Å². The van der Waals surface area contributed by atoms with Crippen LogP contribution in [0.3, 0.4) is 0 Å². The van der Waals surface area contributed by atoms with Crippen molar-refractivity contribution in [1.29, 1.82) is 0 Å². The number of hydrogen-bond acceptors (Lipinski definition) is 4. The zero-order valence-electron chi connectivity index (χ0n) is 15.9. The summed E-state index contributed by atoms with van der Waals surface area (Å²) in [6.45, 7) is 5.38. The molecule has 0 unspecified atom stereocenters. The smallest absolute Gasteiger partial charge is 0.321 e. The number of carbonyl (C=O) groups is 1. The zero-order valence-corrected chi connectivity index (χ0v) is 16.7. The quantitative estimate of drug-likeness (QED) is 0.830. The average Bonchev–Trinajstić information content (AvgIpc) is 3.34. The third-order valence-electron chi connectivity index (χ3n) is 6.48. The molecule has 1 saturated carbocycles. The minimum absolute atomic E-state index is 0.131. The third-order valence-corrected chi connectivity index (χ3v) is 8.88. The fourth-order valence-corrected chi connectivity index (χ4v) is 6.91. The van der Waals surface area contributed by atoms with E-state index in [1.807, 2.05) is 11.8 Å². The molecule has 7 heteroatoms. The fourth-order valence-electron chi connectivity index (χ4n) is 4.78. The van der Waals surface area contributed by atoms with Crippen LogP contribution in [0.4, 0.5) is 10.5 Å². The summed E-state index contributed by atoms with van der Waals surface area (Å²) in [5.74, 6) is 1.21. The third kappa shape index (κ3) is 3.72. The monoisotopic (exact) mass is 391 g/mol. The Morgan fingerprint density at radius 3 is 2.67 bits per heavy atom. The molecule has 2 N–H and O–H groups in total. The van der Waals surface area contributed by atoms with E-state index in [2.05, 4.69) is 10.6 Å². The normalized spacial score (nSPS) is 26.2. The molecular weight excluding hydrogens is 362 g/mol. The summed E-state index contributed by atoms with van der Waals surface area (Å²) < 4.78 is 26.0. The fraction of sp³-hybridized carbons (Fsp3) is 0.650. The van der Waals surface area contributed by atoms with Crippen LogP contribution >= 0.6 is 0 Å². The standard InChI is InChI=1S/C20H29N3O3S/c1-14-6-7-17(10-19(14)27(25,26)18-4-2-3-5-18)22-20(24)23-9-8-15-11-21-12-16(15)13-23/h6-7,10,15-16,18,21H,2-5,8-9,11-13H2,1H3,(H,22,24)/t15-,16-/m1/s1. The van der Waals surface area contributed by atoms with Crippen molar-refractivity contribution in [2.24, 2.45) is 11.8 Å². The molecule has 0 spiro atoms. The molecule has 1 aromatic carbocycles. The van der Waals surface area contributed by atoms with Crippen LogP contribution in [0.2, 0.25) is 0 Å². The van der Waals surface area contributed by atoms with Crippen molar-refractivity contribution in [3.05, 3.63) is 23.8 Å². The minimum Gasteiger partial charge on any atom is -0.324 e. The van der Waals surface area contributed by atoms with Crippen LogP contribution < -0.4 is 10.6 Å². The zero-order chi connectivity index (χ0) is 19.0. The second kappa shape index (κ2) is 7.43. The number of piperidine rings is 1. The van der Waals surface area contributed by atoms with E-state index in [9.17, 15) is 13.2 Å². The summed E-state index contributed by atoms with van der Waals surface area (Å²) in [4.78, 5) is 14.9. The van der Waals surface area contributed by atoms with Crippen LogP contribution in [0.5, 0.6) is 0 Å². The first-order valence-electron chi connectivity index (χ1n) is 10.1. The molecule has 1 aromatic rings. The number of hydrogen-bond donors (Lipinski definition) is 2. The van der Waals surface area contributed by atoms with Gasteiger partial charge in [0.05, 0.1) is 10.1 Å². The molecule has 2 heterocycles. The Kier molecular flexibility index (Phi) is 5.16. The SMILES string of the molecule is Cc1ccc(NC(=O)N2CC[C@@H]3CNC[C@@H]3C2)cc1S(=O)(=O)C1CCCC1. The van der Waals surface area contributed by atoms with Gasteiger partial charge < -0.3 is 15.5 Å². The molecule has 2 saturated heterocycles. The highest BCUT2D eigenvalue weighted by atomic mass is 32.2. The number of nitrogens with one attached hydrogen (secondary N) is 2. The van der Waals surface area contributed by atoms with Gasteiger partial charge in [-0.15, -0.1) is 0 Å². The molecule has 6 nitrogen and oxygen atoms in total. The van der Waals surface area contributed by atoms with Crippen molar-refractivity contribution < 1.29 is 13.2 Å². The number of amides is 2. The lowest BCUT2D eigenvalue weighted by Crippen LogP contribution is -2.45. The lowest BCUT2D eigenvalue weighted by atomic mass is 9.89. The van der Waals surface area contributed by atoms with Crippen molar-refractivity contribution >= 4 is 21.6 Å². The molecule has 0 radical (unpaired) electrons. The largest absolute Gasteiger partial charge is 0.324 e. The first-order chi connectivity index (χ1) is 12.9. The van der Waals surface area contributed by atoms with Gasteiger partial charge in [-0.25, -0.2) is 13.2 Å². The number of anilines is 1. The number of fused-ring (bicyclic) bond motifs is 1. The molecule has 1 aliphatic carbocycles. The first-order valence-corrected chi connectivity index (χ1v) is 11.6. The van der Waals surface area contributed by atoms with Gasteiger partial charge in [0, 0.05) is 18.8 Å². The van der Waals surface area contributed by atoms with Gasteiger partial charge in [0.1, 0.15) is 0 Å². The maximum absolute atomic E-state index is 13.0. The predicted octanol–water partition coefficient (Wildman–Crippen LogP) is 2.78. The summed E-state index contributed by atoms with van der Waals surface area (Å²) >= 11 is 0. The number of sulfone groups is 1. The van der Waals surface area contributed by atoms with Crippen molar-refractivity contribution in [2.45, 2.75) is 49.2 Å². The molecule has 2 aliphatic heterocycles. The minimum atomic E-state index is -3.34. The van der Waals surface area contributed by atoms with Crippen LogP contribution in [0.1, 0.15) is 37.7 Å². The average molecular weight is 392 g/mol. The van der Waals surface area contributed by atoms with E-state index in [0.717, 1.165) is 63.8 Å². The van der Waals surface area contributed by atoms with Gasteiger partial charge in [0.25, 0.3) is 0 Å². The maximum Gasteiger partial charge on any atom is 0.321 e. The molecule has 2 atom stereocenters. The van der Waals surface area contributed by atoms with Crippen molar-refractivity contribution in [1.82, 2.24) is 10.2 Å². The molecule has 0 bridgehead atoms. The number of aryl methyl sites for hydroxylation is 1. The molecule has 4 rings (SSSR count). The van der Waals surface area contributed by atoms with E-state index in [-0.39, 0.29) is 11.3 Å². The highest BCUT2D eigenvalue weighted by molar-refractivity contribution is 7.92. The van der Waals surface area contributed by atoms with Gasteiger partial charge in [-0.2, -0.15) is 0 Å². The molecule has 2 amide bonds. The Balaban J connectivity index is 1.48. The van der Waals surface area contributed by atoms with E-state index in [1.165, 1.54) is 0 Å². The Morgan fingerprint density at radius 2 is 1.89 bits per heavy atom. The molecule has 3 aliphatic rings. The maximum atomic E-state index is 13.0. The van der Waals surface area contributed by atoms with Crippen LogP contribution in [0.25, 0.3) is 0 Å². The number of urea groups is 1. The number of benzene rings is 1. The number of carbonyl (C=O) groups excluding carboxylic acids is 1. The number of nitrogens with zero attached hydrogens (tertiary/aromatic N) is 1. The van der Waals surface area contributed by atoms with Gasteiger partial charge in [0.15, 0.2) is 9.84 Å². The lowest BCUT2D eigenvalue weighted by molar-refractivity contribution is 0.161. The van der Waals surface area contributed by atoms with E-state index >= 15 is 0 Å². The molecule has 0 aromatic heterocycles. The second-order valence-corrected chi connectivity index (χ2v) is 10.5. The van der Waals surface area contributed by atoms with E-state index in [0.29, 0.717) is 22.4 Å². The highest BCUT2D eigenvalue weighted by Crippen LogP contribution is 2.32. The summed E-state index contributed by atoms with van der Waals surface area (Å²) in [6, 6.07) is 5.11. The molecule has 148 valence electrons. The summed E-state index contributed by atoms with van der Waals surface area (Å²) in [6.07, 6.45) is 4.46. The topological polar surface area (TPSA) is 78.5 Å². The van der Waals surface area contributed by atoms with Crippen molar-refractivity contribution in [2.75, 3.05) is 31.5 Å². The predicted molar refractivity (Wildman–Crippen MR) is 106 cm³/mol. The van der Waals surface area contributed by atoms with Gasteiger partial charge in [0.2, 0.25) is 0 Å². The summed E-state index contributed by atoms with van der Waals surface area (Å²) in [5.41, 5.74) is 1.31. The van der Waals surface area contributed by atoms with Gasteiger partial charge in [-0.05, 0) is 68.8 Å². The molecule has 27 heavy (non-hydrogen) atoms. The molecule has 3 fully saturated rings. The van der Waals surface area contributed by atoms with Crippen molar-refractivity contribution in [3.63, 3.8) is 0 Å². The summed E-state index contributed by atoms with van der Waals surface area (Å²) in [7, 11) is -3.34. The van der Waals surface area contributed by atoms with Gasteiger partial charge in [-0.3, -0.25) is 0 Å². The van der Waals surface area contributed by atoms with Gasteiger partial charge >= 0.3 is 6.03 Å². The Bertz CT molecular complexity index is 818. The van der Waals surface area contributed by atoms with Gasteiger partial charge in [-0.1, -0.05) is 18.9 Å². The Morgan fingerprint density at radius 1 is 1.15 bits per heavy atom. The van der Waals surface area contributed by atoms with Crippen LogP contribution in [0.15, 0.2) is 23.1 Å². The number of rotatable bonds is 3. The van der Waals surface area contributed by atoms with E-state index in [1.54, 1.807) is 18.2 Å². The second-order valence-electron chi connectivity index (χ2n) is 8.28. The van der Waals surface area contributed by atoms with E-state index < -0.39 is 9.84 Å². The lowest BCUT2D eigenvalue weighted by Gasteiger charge is -2.34.